The van der Waals surface area contributed by atoms with Crippen LogP contribution < -0.4 is 0 Å². The van der Waals surface area contributed by atoms with Crippen molar-refractivity contribution in [3.8, 4) is 0 Å². The van der Waals surface area contributed by atoms with Gasteiger partial charge >= 0.3 is 0 Å². The third-order valence-electron chi connectivity index (χ3n) is 3.70. The van der Waals surface area contributed by atoms with Crippen LogP contribution in [0.1, 0.15) is 34.1 Å². The van der Waals surface area contributed by atoms with Gasteiger partial charge in [0.1, 0.15) is 0 Å². The lowest BCUT2D eigenvalue weighted by atomic mass is 10.2. The maximum absolute atomic E-state index is 11.8. The van der Waals surface area contributed by atoms with Gasteiger partial charge in [-0.05, 0) is 10.8 Å². The summed E-state index contributed by atoms with van der Waals surface area (Å²) < 4.78 is 2.21. The number of thioether (sulfide) groups is 1. The number of carbonyl (C=O) groups is 1. The molecule has 1 fully saturated rings. The van der Waals surface area contributed by atoms with Crippen LogP contribution in [0.15, 0.2) is 0 Å². The van der Waals surface area contributed by atoms with Gasteiger partial charge in [-0.1, -0.05) is 40.8 Å². The van der Waals surface area contributed by atoms with Crippen molar-refractivity contribution in [2.75, 3.05) is 5.75 Å². The fraction of sp³-hybridized carbons (Fsp3) is 0.909. The molecule has 1 saturated heterocycles. The van der Waals surface area contributed by atoms with Crippen molar-refractivity contribution < 1.29 is 4.79 Å². The quantitative estimate of drug-likeness (QED) is 0.562. The first-order valence-corrected chi connectivity index (χ1v) is 9.65. The summed E-state index contributed by atoms with van der Waals surface area (Å²) in [6, 6.07) is 0. The van der Waals surface area contributed by atoms with Crippen molar-refractivity contribution in [1.82, 2.24) is 4.57 Å². The van der Waals surface area contributed by atoms with Gasteiger partial charge < -0.3 is 4.57 Å². The van der Waals surface area contributed by atoms with Gasteiger partial charge in [0.25, 0.3) is 0 Å². The Morgan fingerprint density at radius 3 is 2.33 bits per heavy atom. The van der Waals surface area contributed by atoms with Gasteiger partial charge in [0, 0.05) is 0 Å². The smallest absolute Gasteiger partial charge is 0.218 e. The Morgan fingerprint density at radius 2 is 2.00 bits per heavy atom. The molecule has 1 heterocycles. The molecule has 1 atom stereocenters. The number of β-lactam (4-membered cyclic amide) rings is 1. The Morgan fingerprint density at radius 1 is 1.47 bits per heavy atom. The normalized spacial score (nSPS) is 22.9. The van der Waals surface area contributed by atoms with Gasteiger partial charge in [-0.25, -0.2) is 0 Å². The molecule has 1 unspecified atom stereocenters. The highest BCUT2D eigenvalue weighted by atomic mass is 32.2. The molecule has 0 aromatic heterocycles. The minimum Gasteiger partial charge on any atom is -0.357 e. The van der Waals surface area contributed by atoms with Gasteiger partial charge in [-0.15, -0.1) is 11.8 Å². The SMILES string of the molecule is CCSC1CC(=O)N1[Si](C)(C)C(C)(C)C. The van der Waals surface area contributed by atoms with Crippen LogP contribution in [0, 0.1) is 0 Å². The zero-order chi connectivity index (χ0) is 11.9. The van der Waals surface area contributed by atoms with E-state index in [-0.39, 0.29) is 5.04 Å². The monoisotopic (exact) mass is 245 g/mol. The van der Waals surface area contributed by atoms with Crippen molar-refractivity contribution in [1.29, 1.82) is 0 Å². The Bertz CT molecular complexity index is 260. The van der Waals surface area contributed by atoms with E-state index in [9.17, 15) is 4.79 Å². The molecule has 0 aromatic rings. The molecule has 0 aliphatic carbocycles. The first-order valence-electron chi connectivity index (χ1n) is 5.65. The standard InChI is InChI=1S/C11H23NOSSi/c1-7-14-10-8-9(13)12(10)15(5,6)11(2,3)4/h10H,7-8H2,1-6H3. The first kappa shape index (κ1) is 13.1. The zero-order valence-electron chi connectivity index (χ0n) is 10.8. The number of nitrogens with zero attached hydrogens (tertiary/aromatic N) is 1. The van der Waals surface area contributed by atoms with Gasteiger partial charge in [-0.2, -0.15) is 0 Å². The second kappa shape index (κ2) is 4.13. The number of hydrogen-bond acceptors (Lipinski definition) is 2. The van der Waals surface area contributed by atoms with E-state index in [1.807, 2.05) is 11.8 Å². The molecule has 0 bridgehead atoms. The predicted molar refractivity (Wildman–Crippen MR) is 70.6 cm³/mol. The summed E-state index contributed by atoms with van der Waals surface area (Å²) in [6.45, 7) is 13.6. The van der Waals surface area contributed by atoms with Crippen LogP contribution in [0.5, 0.6) is 0 Å². The molecular weight excluding hydrogens is 222 g/mol. The molecule has 1 aliphatic heterocycles. The van der Waals surface area contributed by atoms with Gasteiger partial charge in [0.2, 0.25) is 5.91 Å². The van der Waals surface area contributed by atoms with Crippen LogP contribution in [0.3, 0.4) is 0 Å². The van der Waals surface area contributed by atoms with Crippen molar-refractivity contribution in [2.24, 2.45) is 0 Å². The number of amides is 1. The summed E-state index contributed by atoms with van der Waals surface area (Å²) in [7, 11) is -1.62. The molecule has 0 aromatic carbocycles. The minimum atomic E-state index is -1.62. The van der Waals surface area contributed by atoms with Gasteiger partial charge in [0.15, 0.2) is 8.24 Å². The number of carbonyl (C=O) groups excluding carboxylic acids is 1. The topological polar surface area (TPSA) is 20.3 Å². The summed E-state index contributed by atoms with van der Waals surface area (Å²) >= 11 is 1.91. The molecule has 0 spiro atoms. The average Bonchev–Trinajstić information content (AvgIpc) is 2.00. The summed E-state index contributed by atoms with van der Waals surface area (Å²) in [5.41, 5.74) is 0. The van der Waals surface area contributed by atoms with Crippen LogP contribution >= 0.6 is 11.8 Å². The molecule has 0 saturated carbocycles. The van der Waals surface area contributed by atoms with Crippen molar-refractivity contribution >= 4 is 25.9 Å². The lowest BCUT2D eigenvalue weighted by Crippen LogP contribution is -2.67. The highest BCUT2D eigenvalue weighted by Crippen LogP contribution is 2.45. The average molecular weight is 245 g/mol. The number of rotatable bonds is 3. The van der Waals surface area contributed by atoms with Crippen LogP contribution in [-0.2, 0) is 4.79 Å². The van der Waals surface area contributed by atoms with Crippen LogP contribution in [-0.4, -0.2) is 29.8 Å². The minimum absolute atomic E-state index is 0.260. The fourth-order valence-electron chi connectivity index (χ4n) is 1.75. The molecule has 0 N–H and O–H groups in total. The molecule has 4 heteroatoms. The van der Waals surface area contributed by atoms with Crippen LogP contribution in [0.25, 0.3) is 0 Å². The third kappa shape index (κ3) is 2.25. The van der Waals surface area contributed by atoms with Crippen LogP contribution in [0.2, 0.25) is 18.1 Å². The van der Waals surface area contributed by atoms with Gasteiger partial charge in [-0.3, -0.25) is 4.79 Å². The van der Waals surface area contributed by atoms with E-state index in [1.54, 1.807) is 0 Å². The zero-order valence-corrected chi connectivity index (χ0v) is 12.6. The fourth-order valence-corrected chi connectivity index (χ4v) is 5.92. The van der Waals surface area contributed by atoms with E-state index in [0.717, 1.165) is 12.2 Å². The molecule has 15 heavy (non-hydrogen) atoms. The Hall–Kier alpha value is 0.0369. The third-order valence-corrected chi connectivity index (χ3v) is 10.4. The summed E-state index contributed by atoms with van der Waals surface area (Å²) in [4.78, 5) is 11.8. The Kier molecular flexibility index (Phi) is 3.61. The highest BCUT2D eigenvalue weighted by Gasteiger charge is 2.51. The highest BCUT2D eigenvalue weighted by molar-refractivity contribution is 8.00. The van der Waals surface area contributed by atoms with Crippen molar-refractivity contribution in [3.63, 3.8) is 0 Å². The largest absolute Gasteiger partial charge is 0.357 e. The van der Waals surface area contributed by atoms with E-state index >= 15 is 0 Å². The molecule has 1 amide bonds. The number of hydrogen-bond donors (Lipinski definition) is 0. The lowest BCUT2D eigenvalue weighted by Gasteiger charge is -2.54. The molecule has 2 nitrogen and oxygen atoms in total. The molecule has 0 radical (unpaired) electrons. The van der Waals surface area contributed by atoms with E-state index < -0.39 is 8.24 Å². The van der Waals surface area contributed by atoms with Crippen molar-refractivity contribution in [3.05, 3.63) is 0 Å². The maximum atomic E-state index is 11.8. The van der Waals surface area contributed by atoms with E-state index in [2.05, 4.69) is 45.4 Å². The summed E-state index contributed by atoms with van der Waals surface area (Å²) in [6.07, 6.45) is 0.755. The van der Waals surface area contributed by atoms with E-state index in [0.29, 0.717) is 11.3 Å². The Labute approximate surface area is 98.9 Å². The van der Waals surface area contributed by atoms with Crippen molar-refractivity contribution in [2.45, 2.75) is 57.6 Å². The first-order chi connectivity index (χ1) is 6.71. The maximum Gasteiger partial charge on any atom is 0.218 e. The second-order valence-corrected chi connectivity index (χ2v) is 12.2. The van der Waals surface area contributed by atoms with E-state index in [4.69, 9.17) is 0 Å². The summed E-state index contributed by atoms with van der Waals surface area (Å²) in [5, 5.41) is 0.721. The van der Waals surface area contributed by atoms with Gasteiger partial charge in [0.05, 0.1) is 11.8 Å². The molecule has 1 aliphatic rings. The second-order valence-electron chi connectivity index (χ2n) is 5.69. The Balaban J connectivity index is 2.81. The molecule has 1 rings (SSSR count). The van der Waals surface area contributed by atoms with Crippen LogP contribution in [0.4, 0.5) is 0 Å². The molecular formula is C11H23NOSSi. The predicted octanol–water partition coefficient (Wildman–Crippen LogP) is 3.30. The molecule has 88 valence electrons. The summed E-state index contributed by atoms with van der Waals surface area (Å²) in [5.74, 6) is 1.47. The van der Waals surface area contributed by atoms with E-state index in [1.165, 1.54) is 0 Å². The lowest BCUT2D eigenvalue weighted by molar-refractivity contribution is -0.135.